The summed E-state index contributed by atoms with van der Waals surface area (Å²) in [6, 6.07) is 1.94. The molecule has 0 saturated carbocycles. The molecule has 1 heterocycles. The van der Waals surface area contributed by atoms with E-state index in [2.05, 4.69) is 13.8 Å². The minimum atomic E-state index is 0.0692. The summed E-state index contributed by atoms with van der Waals surface area (Å²) in [7, 11) is 0. The second-order valence-corrected chi connectivity index (χ2v) is 5.87. The third-order valence-electron chi connectivity index (χ3n) is 3.24. The fourth-order valence-electron chi connectivity index (χ4n) is 2.48. The molecule has 2 rings (SSSR count). The van der Waals surface area contributed by atoms with E-state index in [1.807, 2.05) is 13.0 Å². The highest BCUT2D eigenvalue weighted by atomic mass is 35.5. The van der Waals surface area contributed by atoms with Crippen LogP contribution in [0.4, 0.5) is 0 Å². The quantitative estimate of drug-likeness (QED) is 0.923. The van der Waals surface area contributed by atoms with Gasteiger partial charge < -0.3 is 15.2 Å². The molecule has 4 heteroatoms. The molecule has 1 aliphatic heterocycles. The first kappa shape index (κ1) is 14.5. The molecule has 0 bridgehead atoms. The van der Waals surface area contributed by atoms with E-state index < -0.39 is 0 Å². The Hall–Kier alpha value is -0.930. The largest absolute Gasteiger partial charge is 0.489 e. The van der Waals surface area contributed by atoms with E-state index >= 15 is 0 Å². The molecule has 1 unspecified atom stereocenters. The van der Waals surface area contributed by atoms with E-state index in [1.165, 1.54) is 0 Å². The summed E-state index contributed by atoms with van der Waals surface area (Å²) in [4.78, 5) is 0. The number of hydrogen-bond acceptors (Lipinski definition) is 3. The summed E-state index contributed by atoms with van der Waals surface area (Å²) >= 11 is 6.42. The van der Waals surface area contributed by atoms with Crippen LogP contribution in [0.3, 0.4) is 0 Å². The van der Waals surface area contributed by atoms with Gasteiger partial charge in [0, 0.05) is 29.1 Å². The number of nitrogens with two attached hydrogens (primary N) is 1. The van der Waals surface area contributed by atoms with Crippen LogP contribution in [0.2, 0.25) is 5.02 Å². The Morgan fingerprint density at radius 2 is 1.95 bits per heavy atom. The fourth-order valence-corrected chi connectivity index (χ4v) is 2.76. The van der Waals surface area contributed by atoms with Crippen molar-refractivity contribution in [1.82, 2.24) is 0 Å². The number of benzene rings is 1. The first-order valence-corrected chi connectivity index (χ1v) is 7.25. The Labute approximate surface area is 120 Å². The summed E-state index contributed by atoms with van der Waals surface area (Å²) < 4.78 is 11.6. The predicted molar refractivity (Wildman–Crippen MR) is 78.5 cm³/mol. The maximum Gasteiger partial charge on any atom is 0.164 e. The Morgan fingerprint density at radius 3 is 2.58 bits per heavy atom. The Bertz CT molecular complexity index is 458. The number of fused-ring (bicyclic) bond motifs is 1. The Morgan fingerprint density at radius 1 is 1.26 bits per heavy atom. The van der Waals surface area contributed by atoms with Gasteiger partial charge in [0.25, 0.3) is 0 Å². The standard InChI is InChI=1S/C15H22ClNO2/c1-9(2)14-11(7-10(3)17)12(16)8-13-15(14)19-6-4-5-18-13/h8-10H,4-7,17H2,1-3H3. The summed E-state index contributed by atoms with van der Waals surface area (Å²) in [6.07, 6.45) is 1.65. The third-order valence-corrected chi connectivity index (χ3v) is 3.57. The average Bonchev–Trinajstić information content (AvgIpc) is 2.53. The zero-order chi connectivity index (χ0) is 14.0. The van der Waals surface area contributed by atoms with Crippen LogP contribution in [0.15, 0.2) is 6.07 Å². The van der Waals surface area contributed by atoms with Crippen molar-refractivity contribution in [3.63, 3.8) is 0 Å². The van der Waals surface area contributed by atoms with Crippen molar-refractivity contribution in [2.45, 2.75) is 45.6 Å². The lowest BCUT2D eigenvalue weighted by molar-refractivity contribution is 0.295. The van der Waals surface area contributed by atoms with Crippen molar-refractivity contribution in [3.05, 3.63) is 22.2 Å². The van der Waals surface area contributed by atoms with Crippen LogP contribution < -0.4 is 15.2 Å². The van der Waals surface area contributed by atoms with Crippen LogP contribution in [-0.4, -0.2) is 19.3 Å². The van der Waals surface area contributed by atoms with Crippen molar-refractivity contribution in [3.8, 4) is 11.5 Å². The van der Waals surface area contributed by atoms with Gasteiger partial charge in [0.1, 0.15) is 0 Å². The van der Waals surface area contributed by atoms with Gasteiger partial charge in [-0.1, -0.05) is 25.4 Å². The number of hydrogen-bond donors (Lipinski definition) is 1. The van der Waals surface area contributed by atoms with Crippen LogP contribution in [0.1, 0.15) is 44.2 Å². The lowest BCUT2D eigenvalue weighted by Crippen LogP contribution is -2.19. The average molecular weight is 284 g/mol. The third kappa shape index (κ3) is 3.15. The molecule has 3 nitrogen and oxygen atoms in total. The van der Waals surface area contributed by atoms with Gasteiger partial charge in [-0.2, -0.15) is 0 Å². The molecule has 0 amide bonds. The highest BCUT2D eigenvalue weighted by Gasteiger charge is 2.23. The SMILES string of the molecule is CC(N)Cc1c(Cl)cc2c(c1C(C)C)OCCCO2. The van der Waals surface area contributed by atoms with Gasteiger partial charge in [-0.05, 0) is 24.8 Å². The molecular weight excluding hydrogens is 262 g/mol. The topological polar surface area (TPSA) is 44.5 Å². The van der Waals surface area contributed by atoms with Crippen LogP contribution in [0.25, 0.3) is 0 Å². The van der Waals surface area contributed by atoms with Crippen LogP contribution >= 0.6 is 11.6 Å². The lowest BCUT2D eigenvalue weighted by Gasteiger charge is -2.21. The van der Waals surface area contributed by atoms with Gasteiger partial charge in [0.15, 0.2) is 11.5 Å². The molecule has 0 aliphatic carbocycles. The second-order valence-electron chi connectivity index (χ2n) is 5.46. The number of rotatable bonds is 3. The van der Waals surface area contributed by atoms with E-state index in [-0.39, 0.29) is 6.04 Å². The normalized spacial score (nSPS) is 16.3. The van der Waals surface area contributed by atoms with E-state index in [0.29, 0.717) is 19.1 Å². The molecule has 0 spiro atoms. The van der Waals surface area contributed by atoms with Crippen molar-refractivity contribution in [2.24, 2.45) is 5.73 Å². The number of ether oxygens (including phenoxy) is 2. The van der Waals surface area contributed by atoms with Crippen molar-refractivity contribution < 1.29 is 9.47 Å². The molecule has 19 heavy (non-hydrogen) atoms. The van der Waals surface area contributed by atoms with Gasteiger partial charge in [0.2, 0.25) is 0 Å². The molecule has 1 atom stereocenters. The molecular formula is C15H22ClNO2. The molecule has 1 aliphatic rings. The highest BCUT2D eigenvalue weighted by molar-refractivity contribution is 6.31. The summed E-state index contributed by atoms with van der Waals surface area (Å²) in [5.41, 5.74) is 8.17. The fraction of sp³-hybridized carbons (Fsp3) is 0.600. The van der Waals surface area contributed by atoms with Crippen LogP contribution in [0, 0.1) is 0 Å². The van der Waals surface area contributed by atoms with Gasteiger partial charge in [-0.25, -0.2) is 0 Å². The molecule has 0 radical (unpaired) electrons. The zero-order valence-electron chi connectivity index (χ0n) is 11.8. The molecule has 2 N–H and O–H groups in total. The Balaban J connectivity index is 2.57. The summed E-state index contributed by atoms with van der Waals surface area (Å²) in [5.74, 6) is 1.94. The molecule has 1 aromatic carbocycles. The Kier molecular flexibility index (Phi) is 4.58. The first-order valence-electron chi connectivity index (χ1n) is 6.87. The minimum Gasteiger partial charge on any atom is -0.489 e. The van der Waals surface area contributed by atoms with Crippen LogP contribution in [-0.2, 0) is 6.42 Å². The maximum atomic E-state index is 6.42. The van der Waals surface area contributed by atoms with E-state index in [9.17, 15) is 0 Å². The van der Waals surface area contributed by atoms with Gasteiger partial charge in [0.05, 0.1) is 13.2 Å². The summed E-state index contributed by atoms with van der Waals surface area (Å²) in [6.45, 7) is 7.64. The molecule has 0 saturated heterocycles. The molecule has 106 valence electrons. The molecule has 0 fully saturated rings. The molecule has 0 aromatic heterocycles. The van der Waals surface area contributed by atoms with Crippen molar-refractivity contribution in [2.75, 3.05) is 13.2 Å². The summed E-state index contributed by atoms with van der Waals surface area (Å²) in [5, 5.41) is 0.727. The highest BCUT2D eigenvalue weighted by Crippen LogP contribution is 2.43. The van der Waals surface area contributed by atoms with E-state index in [1.54, 1.807) is 0 Å². The second kappa shape index (κ2) is 6.02. The predicted octanol–water partition coefficient (Wildman–Crippen LogP) is 3.51. The van der Waals surface area contributed by atoms with Gasteiger partial charge in [-0.3, -0.25) is 0 Å². The van der Waals surface area contributed by atoms with Crippen LogP contribution in [0.5, 0.6) is 11.5 Å². The van der Waals surface area contributed by atoms with Gasteiger partial charge >= 0.3 is 0 Å². The van der Waals surface area contributed by atoms with Gasteiger partial charge in [-0.15, -0.1) is 0 Å². The molecule has 1 aromatic rings. The van der Waals surface area contributed by atoms with Crippen molar-refractivity contribution in [1.29, 1.82) is 0 Å². The maximum absolute atomic E-state index is 6.42. The van der Waals surface area contributed by atoms with Crippen molar-refractivity contribution >= 4 is 11.6 Å². The minimum absolute atomic E-state index is 0.0692. The van der Waals surface area contributed by atoms with E-state index in [0.717, 1.165) is 40.5 Å². The monoisotopic (exact) mass is 283 g/mol. The first-order chi connectivity index (χ1) is 9.00. The lowest BCUT2D eigenvalue weighted by atomic mass is 9.92. The number of halogens is 1. The van der Waals surface area contributed by atoms with E-state index in [4.69, 9.17) is 26.8 Å². The zero-order valence-corrected chi connectivity index (χ0v) is 12.6. The smallest absolute Gasteiger partial charge is 0.164 e.